The summed E-state index contributed by atoms with van der Waals surface area (Å²) < 4.78 is 0. The van der Waals surface area contributed by atoms with E-state index in [9.17, 15) is 5.11 Å². The van der Waals surface area contributed by atoms with E-state index in [1.54, 1.807) is 0 Å². The Morgan fingerprint density at radius 3 is 1.78 bits per heavy atom. The summed E-state index contributed by atoms with van der Waals surface area (Å²) in [5.41, 5.74) is 6.07. The van der Waals surface area contributed by atoms with E-state index in [1.165, 1.54) is 25.7 Å². The van der Waals surface area contributed by atoms with E-state index in [-0.39, 0.29) is 5.41 Å². The zero-order chi connectivity index (χ0) is 13.3. The maximum absolute atomic E-state index is 11.2. The van der Waals surface area contributed by atoms with Crippen LogP contribution in [0.25, 0.3) is 0 Å². The molecule has 0 atom stereocenters. The molecule has 0 saturated heterocycles. The molecule has 2 fully saturated rings. The molecule has 3 N–H and O–H groups in total. The Balaban J connectivity index is 2.15. The lowest BCUT2D eigenvalue weighted by atomic mass is 9.58. The second-order valence-corrected chi connectivity index (χ2v) is 7.59. The Bertz CT molecular complexity index is 267. The molecule has 0 aromatic rings. The summed E-state index contributed by atoms with van der Waals surface area (Å²) in [5, 5.41) is 11.2. The molecule has 18 heavy (non-hydrogen) atoms. The van der Waals surface area contributed by atoms with E-state index in [0.717, 1.165) is 38.5 Å². The Kier molecular flexibility index (Phi) is 4.08. The first-order valence-corrected chi connectivity index (χ1v) is 7.86. The van der Waals surface area contributed by atoms with Crippen molar-refractivity contribution in [3.63, 3.8) is 0 Å². The van der Waals surface area contributed by atoms with Crippen LogP contribution in [0.15, 0.2) is 0 Å². The molecule has 0 aromatic heterocycles. The topological polar surface area (TPSA) is 46.2 Å². The van der Waals surface area contributed by atoms with Crippen LogP contribution in [-0.4, -0.2) is 17.3 Å². The number of aliphatic hydroxyl groups is 1. The molecule has 0 heterocycles. The average molecular weight is 253 g/mol. The predicted molar refractivity (Wildman–Crippen MR) is 76.4 cm³/mol. The maximum Gasteiger partial charge on any atom is 0.0716 e. The van der Waals surface area contributed by atoms with E-state index < -0.39 is 5.60 Å². The normalized spacial score (nSPS) is 30.7. The highest BCUT2D eigenvalue weighted by molar-refractivity contribution is 5.03. The highest BCUT2D eigenvalue weighted by atomic mass is 16.3. The van der Waals surface area contributed by atoms with Gasteiger partial charge in [0.05, 0.1) is 5.60 Å². The molecule has 2 rings (SSSR count). The fourth-order valence-electron chi connectivity index (χ4n) is 4.14. The molecule has 0 aliphatic heterocycles. The lowest BCUT2D eigenvalue weighted by molar-refractivity contribution is -0.128. The second-order valence-electron chi connectivity index (χ2n) is 7.59. The smallest absolute Gasteiger partial charge is 0.0716 e. The SMILES string of the molecule is CC1(C)CCC(O)(C2(CN)CCCCCC2)CC1. The van der Waals surface area contributed by atoms with Crippen molar-refractivity contribution in [1.29, 1.82) is 0 Å². The summed E-state index contributed by atoms with van der Waals surface area (Å²) in [6.45, 7) is 5.33. The molecule has 0 radical (unpaired) electrons. The van der Waals surface area contributed by atoms with Crippen LogP contribution in [0.2, 0.25) is 0 Å². The summed E-state index contributed by atoms with van der Waals surface area (Å²) in [7, 11) is 0. The number of hydrogen-bond donors (Lipinski definition) is 2. The van der Waals surface area contributed by atoms with Crippen molar-refractivity contribution < 1.29 is 5.11 Å². The minimum Gasteiger partial charge on any atom is -0.389 e. The lowest BCUT2D eigenvalue weighted by Gasteiger charge is -2.52. The minimum atomic E-state index is -0.485. The van der Waals surface area contributed by atoms with E-state index >= 15 is 0 Å². The van der Waals surface area contributed by atoms with Gasteiger partial charge in [-0.1, -0.05) is 39.5 Å². The van der Waals surface area contributed by atoms with Gasteiger partial charge in [0.25, 0.3) is 0 Å². The molecule has 0 spiro atoms. The van der Waals surface area contributed by atoms with Crippen LogP contribution in [0.1, 0.15) is 78.1 Å². The van der Waals surface area contributed by atoms with E-state index in [1.807, 2.05) is 0 Å². The van der Waals surface area contributed by atoms with Gasteiger partial charge in [-0.3, -0.25) is 0 Å². The molecule has 106 valence electrons. The third-order valence-corrected chi connectivity index (χ3v) is 5.87. The zero-order valence-electron chi connectivity index (χ0n) is 12.3. The number of nitrogens with two attached hydrogens (primary N) is 1. The largest absolute Gasteiger partial charge is 0.389 e. The molecule has 0 amide bonds. The van der Waals surface area contributed by atoms with Crippen molar-refractivity contribution in [2.24, 2.45) is 16.6 Å². The Morgan fingerprint density at radius 1 is 0.833 bits per heavy atom. The highest BCUT2D eigenvalue weighted by Gasteiger charge is 2.51. The van der Waals surface area contributed by atoms with Gasteiger partial charge in [-0.15, -0.1) is 0 Å². The fourth-order valence-corrected chi connectivity index (χ4v) is 4.14. The number of rotatable bonds is 2. The predicted octanol–water partition coefficient (Wildman–Crippen LogP) is 3.62. The summed E-state index contributed by atoms with van der Waals surface area (Å²) >= 11 is 0. The molecular formula is C16H31NO. The van der Waals surface area contributed by atoms with Crippen LogP contribution in [-0.2, 0) is 0 Å². The lowest BCUT2D eigenvalue weighted by Crippen LogP contribution is -2.55. The highest BCUT2D eigenvalue weighted by Crippen LogP contribution is 2.52. The molecule has 2 saturated carbocycles. The van der Waals surface area contributed by atoms with Gasteiger partial charge in [0, 0.05) is 12.0 Å². The van der Waals surface area contributed by atoms with Crippen molar-refractivity contribution in [3.8, 4) is 0 Å². The molecule has 2 heteroatoms. The van der Waals surface area contributed by atoms with Crippen molar-refractivity contribution in [2.75, 3.05) is 6.54 Å². The van der Waals surface area contributed by atoms with Crippen LogP contribution >= 0.6 is 0 Å². The first kappa shape index (κ1) is 14.3. The summed E-state index contributed by atoms with van der Waals surface area (Å²) in [6, 6.07) is 0. The van der Waals surface area contributed by atoms with Crippen LogP contribution in [0.4, 0.5) is 0 Å². The molecule has 2 nitrogen and oxygen atoms in total. The maximum atomic E-state index is 11.2. The van der Waals surface area contributed by atoms with E-state index in [2.05, 4.69) is 13.8 Å². The number of hydrogen-bond acceptors (Lipinski definition) is 2. The Hall–Kier alpha value is -0.0800. The molecule has 2 aliphatic rings. The molecular weight excluding hydrogens is 222 g/mol. The van der Waals surface area contributed by atoms with Gasteiger partial charge in [-0.25, -0.2) is 0 Å². The summed E-state index contributed by atoms with van der Waals surface area (Å²) in [4.78, 5) is 0. The van der Waals surface area contributed by atoms with Crippen molar-refractivity contribution in [1.82, 2.24) is 0 Å². The third kappa shape index (κ3) is 2.60. The van der Waals surface area contributed by atoms with Gasteiger partial charge in [-0.05, 0) is 43.9 Å². The Labute approximate surface area is 112 Å². The standard InChI is InChI=1S/C16H31NO/c1-14(2)9-11-16(18,12-10-14)15(13-17)7-5-3-4-6-8-15/h18H,3-13,17H2,1-2H3. The first-order chi connectivity index (χ1) is 8.43. The molecule has 2 aliphatic carbocycles. The van der Waals surface area contributed by atoms with Gasteiger partial charge in [0.1, 0.15) is 0 Å². The average Bonchev–Trinajstić information content (AvgIpc) is 2.60. The van der Waals surface area contributed by atoms with Crippen molar-refractivity contribution >= 4 is 0 Å². The third-order valence-electron chi connectivity index (χ3n) is 5.87. The van der Waals surface area contributed by atoms with Gasteiger partial charge < -0.3 is 10.8 Å². The molecule has 0 bridgehead atoms. The molecule has 0 unspecified atom stereocenters. The van der Waals surface area contributed by atoms with Crippen molar-refractivity contribution in [3.05, 3.63) is 0 Å². The fraction of sp³-hybridized carbons (Fsp3) is 1.00. The van der Waals surface area contributed by atoms with E-state index in [4.69, 9.17) is 5.73 Å². The monoisotopic (exact) mass is 253 g/mol. The van der Waals surface area contributed by atoms with E-state index in [0.29, 0.717) is 12.0 Å². The van der Waals surface area contributed by atoms with Crippen LogP contribution < -0.4 is 5.73 Å². The van der Waals surface area contributed by atoms with Crippen molar-refractivity contribution in [2.45, 2.75) is 83.7 Å². The second kappa shape index (κ2) is 5.13. The first-order valence-electron chi connectivity index (χ1n) is 7.86. The zero-order valence-corrected chi connectivity index (χ0v) is 12.3. The quantitative estimate of drug-likeness (QED) is 0.738. The van der Waals surface area contributed by atoms with Crippen LogP contribution in [0.3, 0.4) is 0 Å². The summed E-state index contributed by atoms with van der Waals surface area (Å²) in [6.07, 6.45) is 11.6. The van der Waals surface area contributed by atoms with Crippen LogP contribution in [0, 0.1) is 10.8 Å². The minimum absolute atomic E-state index is 0.0139. The van der Waals surface area contributed by atoms with Crippen LogP contribution in [0.5, 0.6) is 0 Å². The van der Waals surface area contributed by atoms with Gasteiger partial charge in [0.15, 0.2) is 0 Å². The molecule has 0 aromatic carbocycles. The Morgan fingerprint density at radius 2 is 1.33 bits per heavy atom. The van der Waals surface area contributed by atoms with Gasteiger partial charge in [-0.2, -0.15) is 0 Å². The van der Waals surface area contributed by atoms with Gasteiger partial charge in [0.2, 0.25) is 0 Å². The van der Waals surface area contributed by atoms with Gasteiger partial charge >= 0.3 is 0 Å². The summed E-state index contributed by atoms with van der Waals surface area (Å²) in [5.74, 6) is 0.